The van der Waals surface area contributed by atoms with Crippen molar-refractivity contribution < 1.29 is 5.11 Å². The monoisotopic (exact) mass is 247 g/mol. The Morgan fingerprint density at radius 3 is 2.67 bits per heavy atom. The summed E-state index contributed by atoms with van der Waals surface area (Å²) in [4.78, 5) is 2.47. The quantitative estimate of drug-likeness (QED) is 0.884. The second-order valence-corrected chi connectivity index (χ2v) is 5.72. The van der Waals surface area contributed by atoms with Crippen molar-refractivity contribution in [3.63, 3.8) is 0 Å². The van der Waals surface area contributed by atoms with Crippen LogP contribution in [0.25, 0.3) is 0 Å². The van der Waals surface area contributed by atoms with Gasteiger partial charge in [-0.3, -0.25) is 0 Å². The van der Waals surface area contributed by atoms with Crippen LogP contribution in [0.5, 0.6) is 0 Å². The van der Waals surface area contributed by atoms with Gasteiger partial charge in [0.15, 0.2) is 0 Å². The number of aliphatic hydroxyl groups is 1. The maximum Gasteiger partial charge on any atom is 0.0564 e. The smallest absolute Gasteiger partial charge is 0.0564 e. The van der Waals surface area contributed by atoms with E-state index in [4.69, 9.17) is 0 Å². The molecule has 0 saturated carbocycles. The molecule has 1 fully saturated rings. The maximum atomic E-state index is 9.48. The molecule has 0 spiro atoms. The van der Waals surface area contributed by atoms with Crippen LogP contribution in [0.4, 0.5) is 0 Å². The fourth-order valence-corrected chi connectivity index (χ4v) is 2.54. The highest BCUT2D eigenvalue weighted by molar-refractivity contribution is 5.25. The molecule has 0 radical (unpaired) electrons. The lowest BCUT2D eigenvalue weighted by atomic mass is 9.99. The third-order valence-electron chi connectivity index (χ3n) is 3.89. The largest absolute Gasteiger partial charge is 0.393 e. The maximum absolute atomic E-state index is 9.48. The van der Waals surface area contributed by atoms with Gasteiger partial charge in [-0.2, -0.15) is 0 Å². The zero-order valence-electron chi connectivity index (χ0n) is 11.6. The SMILES string of the molecule is CC(C)c1cccc(CCN2CCC(O)CC2)c1. The molecule has 0 atom stereocenters. The summed E-state index contributed by atoms with van der Waals surface area (Å²) in [5, 5.41) is 9.48. The predicted molar refractivity (Wildman–Crippen MR) is 75.9 cm³/mol. The summed E-state index contributed by atoms with van der Waals surface area (Å²) in [6.07, 6.45) is 2.93. The first-order valence-corrected chi connectivity index (χ1v) is 7.14. The van der Waals surface area contributed by atoms with E-state index in [1.807, 2.05) is 0 Å². The minimum atomic E-state index is -0.0643. The second-order valence-electron chi connectivity index (χ2n) is 5.72. The van der Waals surface area contributed by atoms with Crippen LogP contribution < -0.4 is 0 Å². The zero-order valence-corrected chi connectivity index (χ0v) is 11.6. The number of nitrogens with zero attached hydrogens (tertiary/aromatic N) is 1. The van der Waals surface area contributed by atoms with E-state index in [-0.39, 0.29) is 6.10 Å². The van der Waals surface area contributed by atoms with Gasteiger partial charge >= 0.3 is 0 Å². The van der Waals surface area contributed by atoms with Crippen molar-refractivity contribution in [3.8, 4) is 0 Å². The Kier molecular flexibility index (Phi) is 4.79. The Morgan fingerprint density at radius 2 is 2.00 bits per heavy atom. The number of hydrogen-bond acceptors (Lipinski definition) is 2. The third-order valence-corrected chi connectivity index (χ3v) is 3.89. The van der Waals surface area contributed by atoms with Crippen LogP contribution in [0.15, 0.2) is 24.3 Å². The first-order valence-electron chi connectivity index (χ1n) is 7.14. The van der Waals surface area contributed by atoms with Crippen LogP contribution in [0.1, 0.15) is 43.7 Å². The lowest BCUT2D eigenvalue weighted by molar-refractivity contribution is 0.0832. The molecule has 2 heteroatoms. The van der Waals surface area contributed by atoms with Crippen molar-refractivity contribution in [2.45, 2.75) is 45.1 Å². The molecule has 1 saturated heterocycles. The predicted octanol–water partition coefficient (Wildman–Crippen LogP) is 2.81. The van der Waals surface area contributed by atoms with Crippen molar-refractivity contribution >= 4 is 0 Å². The first kappa shape index (κ1) is 13.6. The zero-order chi connectivity index (χ0) is 13.0. The summed E-state index contributed by atoms with van der Waals surface area (Å²) in [5.41, 5.74) is 2.87. The molecule has 1 aliphatic rings. The minimum absolute atomic E-state index is 0.0643. The topological polar surface area (TPSA) is 23.5 Å². The van der Waals surface area contributed by atoms with Crippen LogP contribution in [0.3, 0.4) is 0 Å². The highest BCUT2D eigenvalue weighted by Gasteiger charge is 2.16. The Morgan fingerprint density at radius 1 is 1.28 bits per heavy atom. The van der Waals surface area contributed by atoms with Crippen molar-refractivity contribution in [2.75, 3.05) is 19.6 Å². The number of piperidine rings is 1. The number of rotatable bonds is 4. The fraction of sp³-hybridized carbons (Fsp3) is 0.625. The number of hydrogen-bond donors (Lipinski definition) is 1. The van der Waals surface area contributed by atoms with Crippen LogP contribution in [-0.4, -0.2) is 35.7 Å². The number of aliphatic hydroxyl groups excluding tert-OH is 1. The normalized spacial score (nSPS) is 18.4. The summed E-state index contributed by atoms with van der Waals surface area (Å²) in [6, 6.07) is 8.95. The van der Waals surface area contributed by atoms with Gasteiger partial charge in [-0.15, -0.1) is 0 Å². The highest BCUT2D eigenvalue weighted by Crippen LogP contribution is 2.17. The van der Waals surface area contributed by atoms with E-state index in [0.29, 0.717) is 5.92 Å². The van der Waals surface area contributed by atoms with E-state index in [9.17, 15) is 5.11 Å². The molecule has 1 aliphatic heterocycles. The molecule has 0 unspecified atom stereocenters. The van der Waals surface area contributed by atoms with Gasteiger partial charge in [0, 0.05) is 19.6 Å². The van der Waals surface area contributed by atoms with E-state index < -0.39 is 0 Å². The highest BCUT2D eigenvalue weighted by atomic mass is 16.3. The number of likely N-dealkylation sites (tertiary alicyclic amines) is 1. The summed E-state index contributed by atoms with van der Waals surface area (Å²) in [7, 11) is 0. The van der Waals surface area contributed by atoms with Crippen LogP contribution in [0.2, 0.25) is 0 Å². The second kappa shape index (κ2) is 6.35. The molecule has 2 nitrogen and oxygen atoms in total. The van der Waals surface area contributed by atoms with Crippen LogP contribution in [0, 0.1) is 0 Å². The molecule has 1 aromatic carbocycles. The van der Waals surface area contributed by atoms with Gasteiger partial charge < -0.3 is 10.0 Å². The van der Waals surface area contributed by atoms with Gasteiger partial charge in [-0.05, 0) is 36.3 Å². The van der Waals surface area contributed by atoms with E-state index >= 15 is 0 Å². The number of benzene rings is 1. The van der Waals surface area contributed by atoms with E-state index in [0.717, 1.165) is 38.9 Å². The molecule has 100 valence electrons. The molecule has 2 rings (SSSR count). The van der Waals surface area contributed by atoms with Crippen molar-refractivity contribution in [2.24, 2.45) is 0 Å². The molecule has 0 amide bonds. The standard InChI is InChI=1S/C16H25NO/c1-13(2)15-5-3-4-14(12-15)6-9-17-10-7-16(18)8-11-17/h3-5,12-13,16,18H,6-11H2,1-2H3. The molecule has 18 heavy (non-hydrogen) atoms. The van der Waals surface area contributed by atoms with E-state index in [2.05, 4.69) is 43.0 Å². The van der Waals surface area contributed by atoms with Gasteiger partial charge in [0.05, 0.1) is 6.10 Å². The van der Waals surface area contributed by atoms with Crippen molar-refractivity contribution in [3.05, 3.63) is 35.4 Å². The Labute approximate surface area is 111 Å². The molecule has 1 N–H and O–H groups in total. The van der Waals surface area contributed by atoms with Gasteiger partial charge in [-0.1, -0.05) is 38.1 Å². The lowest BCUT2D eigenvalue weighted by Crippen LogP contribution is -2.37. The molecule has 0 aliphatic carbocycles. The molecule has 1 aromatic rings. The molecular weight excluding hydrogens is 222 g/mol. The first-order chi connectivity index (χ1) is 8.65. The minimum Gasteiger partial charge on any atom is -0.393 e. The molecule has 1 heterocycles. The van der Waals surface area contributed by atoms with Gasteiger partial charge in [-0.25, -0.2) is 0 Å². The lowest BCUT2D eigenvalue weighted by Gasteiger charge is -2.29. The summed E-state index contributed by atoms with van der Waals surface area (Å²) in [6.45, 7) is 7.70. The van der Waals surface area contributed by atoms with Crippen LogP contribution >= 0.6 is 0 Å². The molecular formula is C16H25NO. The average molecular weight is 247 g/mol. The van der Waals surface area contributed by atoms with Gasteiger partial charge in [0.1, 0.15) is 0 Å². The fourth-order valence-electron chi connectivity index (χ4n) is 2.54. The average Bonchev–Trinajstić information content (AvgIpc) is 2.38. The van der Waals surface area contributed by atoms with Gasteiger partial charge in [0.25, 0.3) is 0 Å². The molecule has 0 aromatic heterocycles. The summed E-state index contributed by atoms with van der Waals surface area (Å²) < 4.78 is 0. The van der Waals surface area contributed by atoms with E-state index in [1.165, 1.54) is 11.1 Å². The van der Waals surface area contributed by atoms with E-state index in [1.54, 1.807) is 0 Å². The van der Waals surface area contributed by atoms with Crippen LogP contribution in [-0.2, 0) is 6.42 Å². The Balaban J connectivity index is 1.84. The Bertz CT molecular complexity index is 367. The third kappa shape index (κ3) is 3.82. The Hall–Kier alpha value is -0.860. The summed E-state index contributed by atoms with van der Waals surface area (Å²) in [5.74, 6) is 0.607. The van der Waals surface area contributed by atoms with Gasteiger partial charge in [0.2, 0.25) is 0 Å². The van der Waals surface area contributed by atoms with Crippen molar-refractivity contribution in [1.29, 1.82) is 0 Å². The summed E-state index contributed by atoms with van der Waals surface area (Å²) >= 11 is 0. The van der Waals surface area contributed by atoms with Crippen molar-refractivity contribution in [1.82, 2.24) is 4.90 Å². The molecule has 0 bridgehead atoms.